The predicted octanol–water partition coefficient (Wildman–Crippen LogP) is 3.68. The normalized spacial score (nSPS) is 18.2. The van der Waals surface area contributed by atoms with Crippen LogP contribution in [0.4, 0.5) is 19.1 Å². The quantitative estimate of drug-likeness (QED) is 0.616. The minimum atomic E-state index is -4.62. The first-order valence-electron chi connectivity index (χ1n) is 10.7. The van der Waals surface area contributed by atoms with Gasteiger partial charge in [0.15, 0.2) is 0 Å². The maximum atomic E-state index is 13.8. The molecule has 1 fully saturated rings. The van der Waals surface area contributed by atoms with E-state index < -0.39 is 11.7 Å². The summed E-state index contributed by atoms with van der Waals surface area (Å²) in [4.78, 5) is 17.2. The Kier molecular flexibility index (Phi) is 5.35. The fourth-order valence-corrected chi connectivity index (χ4v) is 4.26. The lowest BCUT2D eigenvalue weighted by Gasteiger charge is -2.24. The molecule has 5 heterocycles. The van der Waals surface area contributed by atoms with Crippen LogP contribution in [0.25, 0.3) is 11.3 Å². The summed E-state index contributed by atoms with van der Waals surface area (Å²) < 4.78 is 46.6. The standard InChI is InChI=1S/C22H22F3N7O/c1-11-18(12(2)33-32-11)16-6-5-14-17(30-16)10-27-19(14)20-15(22(23,24)25)9-28-21(31-20)29-13-4-3-7-26-8-13/h5-6,9,13,26H,3-4,7-8,10H2,1-2H3,(H,28,29,31)/t13-/m0/s1. The van der Waals surface area contributed by atoms with E-state index in [9.17, 15) is 13.2 Å². The Morgan fingerprint density at radius 2 is 2.03 bits per heavy atom. The van der Waals surface area contributed by atoms with Crippen LogP contribution in [0.5, 0.6) is 0 Å². The van der Waals surface area contributed by atoms with Gasteiger partial charge in [0.25, 0.3) is 0 Å². The smallest absolute Gasteiger partial charge is 0.361 e. The van der Waals surface area contributed by atoms with Crippen molar-refractivity contribution in [1.29, 1.82) is 0 Å². The number of alkyl halides is 3. The zero-order valence-corrected chi connectivity index (χ0v) is 18.1. The highest BCUT2D eigenvalue weighted by atomic mass is 19.4. The van der Waals surface area contributed by atoms with Crippen LogP contribution < -0.4 is 10.6 Å². The maximum Gasteiger partial charge on any atom is 0.420 e. The highest BCUT2D eigenvalue weighted by molar-refractivity contribution is 6.14. The van der Waals surface area contributed by atoms with Crippen molar-refractivity contribution in [2.45, 2.75) is 45.5 Å². The van der Waals surface area contributed by atoms with E-state index in [2.05, 4.69) is 35.7 Å². The van der Waals surface area contributed by atoms with E-state index in [-0.39, 0.29) is 29.9 Å². The Hall–Kier alpha value is -3.34. The number of aromatic nitrogens is 4. The van der Waals surface area contributed by atoms with Gasteiger partial charge < -0.3 is 15.2 Å². The van der Waals surface area contributed by atoms with Gasteiger partial charge >= 0.3 is 6.18 Å². The van der Waals surface area contributed by atoms with Crippen LogP contribution in [0.2, 0.25) is 0 Å². The summed E-state index contributed by atoms with van der Waals surface area (Å²) in [6.07, 6.45) is -1.92. The molecule has 0 amide bonds. The molecule has 0 saturated carbocycles. The Morgan fingerprint density at radius 1 is 1.18 bits per heavy atom. The van der Waals surface area contributed by atoms with Crippen molar-refractivity contribution in [1.82, 2.24) is 25.4 Å². The van der Waals surface area contributed by atoms with Crippen molar-refractivity contribution >= 4 is 11.7 Å². The lowest BCUT2D eigenvalue weighted by atomic mass is 10.0. The van der Waals surface area contributed by atoms with Gasteiger partial charge in [-0.2, -0.15) is 13.2 Å². The Bertz CT molecular complexity index is 1210. The highest BCUT2D eigenvalue weighted by Gasteiger charge is 2.38. The number of nitrogens with one attached hydrogen (secondary N) is 2. The summed E-state index contributed by atoms with van der Waals surface area (Å²) in [5.74, 6) is 0.783. The van der Waals surface area contributed by atoms with Crippen molar-refractivity contribution in [2.75, 3.05) is 18.4 Å². The molecule has 33 heavy (non-hydrogen) atoms. The molecule has 0 spiro atoms. The summed E-state index contributed by atoms with van der Waals surface area (Å²) in [5, 5.41) is 10.4. The highest BCUT2D eigenvalue weighted by Crippen LogP contribution is 2.35. The molecular formula is C22H22F3N7O. The van der Waals surface area contributed by atoms with Gasteiger partial charge in [0.05, 0.1) is 34.9 Å². The number of anilines is 1. The van der Waals surface area contributed by atoms with Crippen molar-refractivity contribution in [2.24, 2.45) is 4.99 Å². The number of fused-ring (bicyclic) bond motifs is 1. The summed E-state index contributed by atoms with van der Waals surface area (Å²) in [5.41, 5.74) is 2.24. The van der Waals surface area contributed by atoms with Crippen molar-refractivity contribution in [3.05, 3.63) is 52.3 Å². The average Bonchev–Trinajstić information content (AvgIpc) is 3.35. The number of piperidine rings is 1. The van der Waals surface area contributed by atoms with E-state index in [0.717, 1.165) is 31.1 Å². The first-order chi connectivity index (χ1) is 15.8. The second-order valence-electron chi connectivity index (χ2n) is 8.20. The monoisotopic (exact) mass is 457 g/mol. The van der Waals surface area contributed by atoms with Gasteiger partial charge in [-0.25, -0.2) is 15.0 Å². The molecule has 0 radical (unpaired) electrons. The molecule has 3 aromatic rings. The number of rotatable bonds is 4. The number of pyridine rings is 1. The molecule has 2 N–H and O–H groups in total. The van der Waals surface area contributed by atoms with E-state index in [0.29, 0.717) is 35.0 Å². The first kappa shape index (κ1) is 21.5. The van der Waals surface area contributed by atoms with Gasteiger partial charge in [0.2, 0.25) is 5.95 Å². The fraction of sp³-hybridized carbons (Fsp3) is 0.409. The van der Waals surface area contributed by atoms with Gasteiger partial charge in [-0.15, -0.1) is 0 Å². The lowest BCUT2D eigenvalue weighted by molar-refractivity contribution is -0.138. The summed E-state index contributed by atoms with van der Waals surface area (Å²) in [7, 11) is 0. The van der Waals surface area contributed by atoms with Crippen molar-refractivity contribution in [3.8, 4) is 11.3 Å². The van der Waals surface area contributed by atoms with Gasteiger partial charge in [-0.1, -0.05) is 5.16 Å². The van der Waals surface area contributed by atoms with Gasteiger partial charge in [-0.05, 0) is 45.4 Å². The third-order valence-corrected chi connectivity index (χ3v) is 5.85. The summed E-state index contributed by atoms with van der Waals surface area (Å²) in [6.45, 7) is 5.40. The number of nitrogens with zero attached hydrogens (tertiary/aromatic N) is 5. The van der Waals surface area contributed by atoms with Crippen molar-refractivity contribution in [3.63, 3.8) is 0 Å². The molecular weight excluding hydrogens is 435 g/mol. The number of hydrogen-bond acceptors (Lipinski definition) is 8. The van der Waals surface area contributed by atoms with Crippen molar-refractivity contribution < 1.29 is 17.7 Å². The average molecular weight is 457 g/mol. The zero-order valence-electron chi connectivity index (χ0n) is 18.1. The molecule has 8 nitrogen and oxygen atoms in total. The molecule has 5 rings (SSSR count). The van der Waals surface area contributed by atoms with Crippen LogP contribution in [0.3, 0.4) is 0 Å². The van der Waals surface area contributed by atoms with Gasteiger partial charge in [-0.3, -0.25) is 4.99 Å². The summed E-state index contributed by atoms with van der Waals surface area (Å²) in [6, 6.07) is 3.53. The third-order valence-electron chi connectivity index (χ3n) is 5.85. The van der Waals surface area contributed by atoms with E-state index in [1.165, 1.54) is 0 Å². The second-order valence-corrected chi connectivity index (χ2v) is 8.20. The van der Waals surface area contributed by atoms with Crippen LogP contribution in [-0.2, 0) is 12.7 Å². The molecule has 0 aliphatic carbocycles. The van der Waals surface area contributed by atoms with Crippen LogP contribution in [0.1, 0.15) is 46.8 Å². The topological polar surface area (TPSA) is 101 Å². The Morgan fingerprint density at radius 3 is 2.73 bits per heavy atom. The van der Waals surface area contributed by atoms with Gasteiger partial charge in [0.1, 0.15) is 17.0 Å². The minimum absolute atomic E-state index is 0.0559. The molecule has 1 saturated heterocycles. The lowest BCUT2D eigenvalue weighted by Crippen LogP contribution is -2.39. The number of aryl methyl sites for hydroxylation is 2. The minimum Gasteiger partial charge on any atom is -0.361 e. The van der Waals surface area contributed by atoms with Crippen LogP contribution in [-0.4, -0.2) is 45.0 Å². The largest absolute Gasteiger partial charge is 0.420 e. The molecule has 0 bridgehead atoms. The first-order valence-corrected chi connectivity index (χ1v) is 10.7. The number of halogens is 3. The molecule has 3 aromatic heterocycles. The number of aliphatic imine (C=N–C) groups is 1. The van der Waals surface area contributed by atoms with E-state index in [1.807, 2.05) is 6.92 Å². The molecule has 2 aliphatic rings. The molecule has 0 aromatic carbocycles. The van der Waals surface area contributed by atoms with E-state index in [4.69, 9.17) is 4.52 Å². The van der Waals surface area contributed by atoms with Gasteiger partial charge in [0, 0.05) is 24.3 Å². The fourth-order valence-electron chi connectivity index (χ4n) is 4.26. The number of hydrogen-bond donors (Lipinski definition) is 2. The molecule has 172 valence electrons. The predicted molar refractivity (Wildman–Crippen MR) is 115 cm³/mol. The Labute approximate surface area is 187 Å². The molecule has 11 heteroatoms. The van der Waals surface area contributed by atoms with Crippen LogP contribution >= 0.6 is 0 Å². The van der Waals surface area contributed by atoms with Crippen LogP contribution in [0.15, 0.2) is 27.8 Å². The summed E-state index contributed by atoms with van der Waals surface area (Å²) >= 11 is 0. The second kappa shape index (κ2) is 8.22. The molecule has 0 unspecified atom stereocenters. The van der Waals surface area contributed by atoms with E-state index in [1.54, 1.807) is 19.1 Å². The van der Waals surface area contributed by atoms with E-state index >= 15 is 0 Å². The molecule has 1 atom stereocenters. The van der Waals surface area contributed by atoms with Crippen LogP contribution in [0, 0.1) is 13.8 Å². The zero-order chi connectivity index (χ0) is 23.2. The Balaban J connectivity index is 1.52. The SMILES string of the molecule is Cc1noc(C)c1-c1ccc2c(n1)CN=C2c1nc(N[C@H]2CCCNC2)ncc1C(F)(F)F. The molecule has 2 aliphatic heterocycles. The maximum absolute atomic E-state index is 13.8. The third kappa shape index (κ3) is 4.08.